The lowest BCUT2D eigenvalue weighted by atomic mass is 10.1. The number of pyridine rings is 1. The van der Waals surface area contributed by atoms with E-state index in [0.717, 1.165) is 17.7 Å². The molecule has 1 N–H and O–H groups in total. The Balaban J connectivity index is 1.90. The third-order valence-electron chi connectivity index (χ3n) is 4.02. The molecule has 0 bridgehead atoms. The fourth-order valence-electron chi connectivity index (χ4n) is 2.58. The minimum Gasteiger partial charge on any atom is -0.308 e. The molecule has 1 amide bonds. The molecule has 6 nitrogen and oxygen atoms in total. The molecule has 0 saturated carbocycles. The lowest BCUT2D eigenvalue weighted by Gasteiger charge is -2.18. The van der Waals surface area contributed by atoms with Crippen LogP contribution in [0.15, 0.2) is 42.7 Å². The summed E-state index contributed by atoms with van der Waals surface area (Å²) in [6.07, 6.45) is 3.90. The predicted octanol–water partition coefficient (Wildman–Crippen LogP) is 2.43. The maximum atomic E-state index is 12.7. The molecule has 2 heterocycles. The second-order valence-corrected chi connectivity index (χ2v) is 8.22. The minimum atomic E-state index is -3.42. The number of nitrogens with one attached hydrogen (secondary N) is 1. The first-order valence-electron chi connectivity index (χ1n) is 7.75. The maximum absolute atomic E-state index is 12.7. The highest BCUT2D eigenvalue weighted by atomic mass is 32.2. The van der Waals surface area contributed by atoms with Gasteiger partial charge in [0.2, 0.25) is 10.0 Å². The number of hydrogen-bond acceptors (Lipinski definition) is 4. The van der Waals surface area contributed by atoms with Gasteiger partial charge in [0.05, 0.1) is 16.5 Å². The van der Waals surface area contributed by atoms with Crippen LogP contribution in [0.2, 0.25) is 0 Å². The summed E-state index contributed by atoms with van der Waals surface area (Å²) < 4.78 is 26.6. The van der Waals surface area contributed by atoms with Gasteiger partial charge in [-0.2, -0.15) is 0 Å². The molecule has 7 heteroatoms. The molecular formula is C17H19N3O3S. The number of aromatic nitrogens is 1. The highest BCUT2D eigenvalue weighted by molar-refractivity contribution is 7.93. The smallest absolute Gasteiger partial charge is 0.259 e. The number of carbonyl (C=O) groups excluding carboxylic acids is 1. The first kappa shape index (κ1) is 16.4. The third kappa shape index (κ3) is 3.12. The van der Waals surface area contributed by atoms with Crippen molar-refractivity contribution in [2.75, 3.05) is 16.2 Å². The second-order valence-electron chi connectivity index (χ2n) is 5.99. The Morgan fingerprint density at radius 1 is 1.29 bits per heavy atom. The number of benzene rings is 1. The number of fused-ring (bicyclic) bond motifs is 1. The van der Waals surface area contributed by atoms with E-state index in [-0.39, 0.29) is 5.91 Å². The molecule has 3 rings (SSSR count). The molecule has 24 heavy (non-hydrogen) atoms. The summed E-state index contributed by atoms with van der Waals surface area (Å²) in [7, 11) is -3.42. The fourth-order valence-corrected chi connectivity index (χ4v) is 3.27. The number of hydrogen-bond donors (Lipinski definition) is 1. The molecule has 0 radical (unpaired) electrons. The number of nitrogens with zero attached hydrogens (tertiary/aromatic N) is 2. The van der Waals surface area contributed by atoms with Gasteiger partial charge in [-0.05, 0) is 50.1 Å². The fraction of sp³-hybridized carbons (Fsp3) is 0.294. The summed E-state index contributed by atoms with van der Waals surface area (Å²) >= 11 is 0. The van der Waals surface area contributed by atoms with Crippen LogP contribution >= 0.6 is 0 Å². The van der Waals surface area contributed by atoms with Gasteiger partial charge in [-0.1, -0.05) is 6.07 Å². The van der Waals surface area contributed by atoms with E-state index in [9.17, 15) is 13.2 Å². The average Bonchev–Trinajstić information content (AvgIpc) is 2.97. The van der Waals surface area contributed by atoms with Crippen LogP contribution in [0.4, 0.5) is 11.4 Å². The van der Waals surface area contributed by atoms with Crippen LogP contribution in [0.25, 0.3) is 0 Å². The van der Waals surface area contributed by atoms with E-state index in [4.69, 9.17) is 0 Å². The molecule has 2 aromatic rings. The summed E-state index contributed by atoms with van der Waals surface area (Å²) in [5, 5.41) is -0.529. The van der Waals surface area contributed by atoms with Crippen molar-refractivity contribution in [3.63, 3.8) is 0 Å². The Morgan fingerprint density at radius 2 is 2.08 bits per heavy atom. The average molecular weight is 345 g/mol. The Morgan fingerprint density at radius 3 is 2.75 bits per heavy atom. The Bertz CT molecular complexity index is 864. The highest BCUT2D eigenvalue weighted by Crippen LogP contribution is 2.32. The molecule has 1 aliphatic heterocycles. The van der Waals surface area contributed by atoms with Gasteiger partial charge in [0.15, 0.2) is 0 Å². The molecule has 1 aromatic heterocycles. The zero-order valence-electron chi connectivity index (χ0n) is 13.6. The third-order valence-corrected chi connectivity index (χ3v) is 5.78. The molecule has 0 unspecified atom stereocenters. The first-order chi connectivity index (χ1) is 11.4. The Hall–Kier alpha value is -2.41. The standard InChI is InChI=1S/C17H19N3O3S/c1-12(2)24(22,23)19-15-6-5-13-7-9-20(16(13)10-15)17(21)14-4-3-8-18-11-14/h3-6,8,10-12,19H,7,9H2,1-2H3. The van der Waals surface area contributed by atoms with E-state index in [2.05, 4.69) is 9.71 Å². The van der Waals surface area contributed by atoms with Crippen molar-refractivity contribution in [1.29, 1.82) is 0 Å². The molecule has 0 aliphatic carbocycles. The van der Waals surface area contributed by atoms with Crippen molar-refractivity contribution in [3.05, 3.63) is 53.9 Å². The number of amides is 1. The van der Waals surface area contributed by atoms with Crippen molar-refractivity contribution < 1.29 is 13.2 Å². The summed E-state index contributed by atoms with van der Waals surface area (Å²) in [6.45, 7) is 3.81. The normalized spacial score (nSPS) is 13.9. The topological polar surface area (TPSA) is 79.4 Å². The Labute approximate surface area is 141 Å². The summed E-state index contributed by atoms with van der Waals surface area (Å²) in [5.41, 5.74) is 2.75. The quantitative estimate of drug-likeness (QED) is 0.923. The van der Waals surface area contributed by atoms with Crippen LogP contribution in [0.3, 0.4) is 0 Å². The molecule has 126 valence electrons. The van der Waals surface area contributed by atoms with Gasteiger partial charge in [0, 0.05) is 24.6 Å². The van der Waals surface area contributed by atoms with Gasteiger partial charge >= 0.3 is 0 Å². The van der Waals surface area contributed by atoms with Gasteiger partial charge < -0.3 is 4.90 Å². The van der Waals surface area contributed by atoms with Gasteiger partial charge in [-0.15, -0.1) is 0 Å². The first-order valence-corrected chi connectivity index (χ1v) is 9.29. The second kappa shape index (κ2) is 6.24. The maximum Gasteiger partial charge on any atom is 0.259 e. The van der Waals surface area contributed by atoms with Crippen molar-refractivity contribution in [3.8, 4) is 0 Å². The van der Waals surface area contributed by atoms with Gasteiger partial charge in [0.1, 0.15) is 0 Å². The molecule has 1 aromatic carbocycles. The van der Waals surface area contributed by atoms with Crippen molar-refractivity contribution in [2.45, 2.75) is 25.5 Å². The number of anilines is 2. The van der Waals surface area contributed by atoms with Crippen molar-refractivity contribution in [2.24, 2.45) is 0 Å². The van der Waals surface area contributed by atoms with E-state index >= 15 is 0 Å². The zero-order valence-corrected chi connectivity index (χ0v) is 14.4. The molecule has 0 atom stereocenters. The van der Waals surface area contributed by atoms with Crippen molar-refractivity contribution in [1.82, 2.24) is 4.98 Å². The summed E-state index contributed by atoms with van der Waals surface area (Å²) in [4.78, 5) is 18.3. The lowest BCUT2D eigenvalue weighted by Crippen LogP contribution is -2.29. The van der Waals surface area contributed by atoms with Gasteiger partial charge in [0.25, 0.3) is 5.91 Å². The minimum absolute atomic E-state index is 0.134. The largest absolute Gasteiger partial charge is 0.308 e. The lowest BCUT2D eigenvalue weighted by molar-refractivity contribution is 0.0989. The van der Waals surface area contributed by atoms with Gasteiger partial charge in [-0.3, -0.25) is 14.5 Å². The number of carbonyl (C=O) groups is 1. The van der Waals surface area contributed by atoms with Crippen LogP contribution in [0.1, 0.15) is 29.8 Å². The van der Waals surface area contributed by atoms with E-state index in [1.165, 1.54) is 6.20 Å². The molecule has 1 aliphatic rings. The Kier molecular flexibility index (Phi) is 4.28. The van der Waals surface area contributed by atoms with Crippen LogP contribution in [0.5, 0.6) is 0 Å². The SMILES string of the molecule is CC(C)S(=O)(=O)Nc1ccc2c(c1)N(C(=O)c1cccnc1)CC2. The number of sulfonamides is 1. The van der Waals surface area contributed by atoms with Crippen LogP contribution < -0.4 is 9.62 Å². The summed E-state index contributed by atoms with van der Waals surface area (Å²) in [5.74, 6) is -0.134. The molecule has 0 fully saturated rings. The van der Waals surface area contributed by atoms with Crippen LogP contribution in [0, 0.1) is 0 Å². The van der Waals surface area contributed by atoms with E-state index in [1.807, 2.05) is 6.07 Å². The highest BCUT2D eigenvalue weighted by Gasteiger charge is 2.26. The summed E-state index contributed by atoms with van der Waals surface area (Å²) in [6, 6.07) is 8.76. The monoisotopic (exact) mass is 345 g/mol. The van der Waals surface area contributed by atoms with Crippen LogP contribution in [-0.2, 0) is 16.4 Å². The van der Waals surface area contributed by atoms with E-state index in [1.54, 1.807) is 49.2 Å². The molecular weight excluding hydrogens is 326 g/mol. The molecule has 0 spiro atoms. The van der Waals surface area contributed by atoms with E-state index in [0.29, 0.717) is 17.8 Å². The van der Waals surface area contributed by atoms with Crippen LogP contribution in [-0.4, -0.2) is 31.1 Å². The van der Waals surface area contributed by atoms with Crippen molar-refractivity contribution >= 4 is 27.3 Å². The molecule has 0 saturated heterocycles. The zero-order chi connectivity index (χ0) is 17.3. The predicted molar refractivity (Wildman–Crippen MR) is 93.7 cm³/mol. The van der Waals surface area contributed by atoms with E-state index < -0.39 is 15.3 Å². The van der Waals surface area contributed by atoms with Gasteiger partial charge in [-0.25, -0.2) is 8.42 Å². The number of rotatable bonds is 4.